The molecule has 6 heteroatoms. The smallest absolute Gasteiger partial charge is 0.354 e. The van der Waals surface area contributed by atoms with E-state index in [0.29, 0.717) is 11.1 Å². The molecule has 0 saturated heterocycles. The zero-order valence-electron chi connectivity index (χ0n) is 15.6. The van der Waals surface area contributed by atoms with Crippen LogP contribution in [-0.2, 0) is 0 Å². The van der Waals surface area contributed by atoms with Gasteiger partial charge in [-0.25, -0.2) is 14.6 Å². The largest absolute Gasteiger partial charge is 0.490 e. The number of aromatic nitrogens is 1. The van der Waals surface area contributed by atoms with Gasteiger partial charge in [-0.15, -0.1) is 0 Å². The van der Waals surface area contributed by atoms with E-state index in [4.69, 9.17) is 14.9 Å². The summed E-state index contributed by atoms with van der Waals surface area (Å²) in [4.78, 5) is 26.1. The van der Waals surface area contributed by atoms with E-state index in [0.717, 1.165) is 37.9 Å². The average Bonchev–Trinajstić information content (AvgIpc) is 2.66. The molecule has 144 valence electrons. The first-order valence-corrected chi connectivity index (χ1v) is 9.20. The highest BCUT2D eigenvalue weighted by Gasteiger charge is 2.15. The Bertz CT molecular complexity index is 753. The summed E-state index contributed by atoms with van der Waals surface area (Å²) in [5, 5.41) is 18.3. The van der Waals surface area contributed by atoms with Gasteiger partial charge in [-0.1, -0.05) is 45.2 Å². The van der Waals surface area contributed by atoms with E-state index >= 15 is 0 Å². The first-order valence-electron chi connectivity index (χ1n) is 9.20. The Balaban J connectivity index is 2.23. The fourth-order valence-corrected chi connectivity index (χ4v) is 2.85. The second-order valence-electron chi connectivity index (χ2n) is 6.43. The Morgan fingerprint density at radius 3 is 2.00 bits per heavy atom. The molecule has 27 heavy (non-hydrogen) atoms. The number of aromatic carboxylic acids is 2. The Hall–Kier alpha value is -2.89. The van der Waals surface area contributed by atoms with Gasteiger partial charge in [0.1, 0.15) is 17.1 Å². The molecule has 0 saturated carbocycles. The van der Waals surface area contributed by atoms with Gasteiger partial charge in [0.15, 0.2) is 0 Å². The van der Waals surface area contributed by atoms with Crippen LogP contribution < -0.4 is 4.74 Å². The van der Waals surface area contributed by atoms with Crippen molar-refractivity contribution in [1.29, 1.82) is 0 Å². The number of hydrogen-bond acceptors (Lipinski definition) is 4. The molecule has 0 aliphatic carbocycles. The van der Waals surface area contributed by atoms with E-state index in [-0.39, 0.29) is 17.5 Å². The molecule has 1 unspecified atom stereocenters. The molecule has 2 aromatic rings. The van der Waals surface area contributed by atoms with Crippen LogP contribution in [0.1, 0.15) is 66.9 Å². The van der Waals surface area contributed by atoms with Crippen LogP contribution >= 0.6 is 0 Å². The maximum Gasteiger partial charge on any atom is 0.354 e. The Kier molecular flexibility index (Phi) is 7.34. The summed E-state index contributed by atoms with van der Waals surface area (Å²) in [6.07, 6.45) is 5.49. The number of pyridine rings is 1. The molecular weight excluding hydrogens is 346 g/mol. The lowest BCUT2D eigenvalue weighted by molar-refractivity contribution is 0.0685. The van der Waals surface area contributed by atoms with Crippen LogP contribution in [0, 0.1) is 0 Å². The van der Waals surface area contributed by atoms with Crippen LogP contribution in [0.5, 0.6) is 5.75 Å². The lowest BCUT2D eigenvalue weighted by Crippen LogP contribution is -2.16. The number of carboxylic acids is 2. The Labute approximate surface area is 158 Å². The highest BCUT2D eigenvalue weighted by molar-refractivity contribution is 5.92. The van der Waals surface area contributed by atoms with Crippen LogP contribution in [0.2, 0.25) is 0 Å². The minimum Gasteiger partial charge on any atom is -0.490 e. The second kappa shape index (κ2) is 9.71. The van der Waals surface area contributed by atoms with E-state index in [2.05, 4.69) is 18.8 Å². The minimum atomic E-state index is -1.27. The van der Waals surface area contributed by atoms with Gasteiger partial charge >= 0.3 is 11.9 Å². The molecule has 6 nitrogen and oxygen atoms in total. The summed E-state index contributed by atoms with van der Waals surface area (Å²) < 4.78 is 6.07. The fourth-order valence-electron chi connectivity index (χ4n) is 2.85. The van der Waals surface area contributed by atoms with Crippen LogP contribution in [0.25, 0.3) is 11.1 Å². The number of nitrogens with zero attached hydrogens (tertiary/aromatic N) is 1. The van der Waals surface area contributed by atoms with E-state index in [9.17, 15) is 9.59 Å². The number of unbranched alkanes of at least 4 members (excludes halogenated alkanes) is 1. The van der Waals surface area contributed by atoms with Crippen molar-refractivity contribution in [2.75, 3.05) is 0 Å². The predicted octanol–water partition coefficient (Wildman–Crippen LogP) is 4.88. The predicted molar refractivity (Wildman–Crippen MR) is 102 cm³/mol. The monoisotopic (exact) mass is 371 g/mol. The molecule has 2 rings (SSSR count). The second-order valence-corrected chi connectivity index (χ2v) is 6.43. The van der Waals surface area contributed by atoms with E-state index in [1.165, 1.54) is 12.1 Å². The Morgan fingerprint density at radius 2 is 1.52 bits per heavy atom. The SMILES string of the molecule is CCCCC(CCC)Oc1ccc(-c2cc(C(=O)O)nc(C(=O)O)c2)cc1. The number of benzene rings is 1. The number of carbonyl (C=O) groups is 2. The average molecular weight is 371 g/mol. The Morgan fingerprint density at radius 1 is 0.926 bits per heavy atom. The lowest BCUT2D eigenvalue weighted by Gasteiger charge is -2.18. The van der Waals surface area contributed by atoms with Gasteiger partial charge < -0.3 is 14.9 Å². The van der Waals surface area contributed by atoms with Crippen LogP contribution in [0.4, 0.5) is 0 Å². The van der Waals surface area contributed by atoms with E-state index < -0.39 is 11.9 Å². The molecule has 0 spiro atoms. The van der Waals surface area contributed by atoms with Crippen molar-refractivity contribution in [3.8, 4) is 16.9 Å². The first kappa shape index (κ1) is 20.4. The van der Waals surface area contributed by atoms with E-state index in [1.807, 2.05) is 12.1 Å². The molecule has 0 amide bonds. The maximum absolute atomic E-state index is 11.2. The molecular formula is C21H25NO5. The topological polar surface area (TPSA) is 96.7 Å². The van der Waals surface area contributed by atoms with Gasteiger partial charge in [0, 0.05) is 0 Å². The van der Waals surface area contributed by atoms with Crippen molar-refractivity contribution in [1.82, 2.24) is 4.98 Å². The molecule has 1 aromatic heterocycles. The summed E-state index contributed by atoms with van der Waals surface area (Å²) >= 11 is 0. The van der Waals surface area contributed by atoms with Crippen molar-refractivity contribution in [2.24, 2.45) is 0 Å². The molecule has 0 aliphatic heterocycles. The van der Waals surface area contributed by atoms with Crippen molar-refractivity contribution in [3.63, 3.8) is 0 Å². The summed E-state index contributed by atoms with van der Waals surface area (Å²) in [5.74, 6) is -1.78. The van der Waals surface area contributed by atoms with E-state index in [1.54, 1.807) is 12.1 Å². The quantitative estimate of drug-likeness (QED) is 0.618. The molecule has 2 N–H and O–H groups in total. The minimum absolute atomic E-state index is 0.180. The third-order valence-electron chi connectivity index (χ3n) is 4.24. The van der Waals surface area contributed by atoms with Crippen molar-refractivity contribution in [2.45, 2.75) is 52.1 Å². The molecule has 1 atom stereocenters. The van der Waals surface area contributed by atoms with Crippen LogP contribution in [0.3, 0.4) is 0 Å². The molecule has 0 aliphatic rings. The molecule has 0 radical (unpaired) electrons. The summed E-state index contributed by atoms with van der Waals surface area (Å²) in [6, 6.07) is 9.98. The van der Waals surface area contributed by atoms with Gasteiger partial charge in [0.25, 0.3) is 0 Å². The summed E-state index contributed by atoms with van der Waals surface area (Å²) in [7, 11) is 0. The number of hydrogen-bond donors (Lipinski definition) is 2. The molecule has 1 heterocycles. The molecule has 0 fully saturated rings. The van der Waals surface area contributed by atoms with Gasteiger partial charge in [-0.3, -0.25) is 0 Å². The van der Waals surface area contributed by atoms with Crippen molar-refractivity contribution in [3.05, 3.63) is 47.8 Å². The number of rotatable bonds is 10. The summed E-state index contributed by atoms with van der Waals surface area (Å²) in [5.41, 5.74) is 0.596. The third-order valence-corrected chi connectivity index (χ3v) is 4.24. The third kappa shape index (κ3) is 5.81. The zero-order chi connectivity index (χ0) is 19.8. The normalized spacial score (nSPS) is 11.8. The summed E-state index contributed by atoms with van der Waals surface area (Å²) in [6.45, 7) is 4.29. The maximum atomic E-state index is 11.2. The molecule has 0 bridgehead atoms. The lowest BCUT2D eigenvalue weighted by atomic mass is 10.0. The van der Waals surface area contributed by atoms with Gasteiger partial charge in [-0.05, 0) is 48.2 Å². The van der Waals surface area contributed by atoms with Gasteiger partial charge in [-0.2, -0.15) is 0 Å². The zero-order valence-corrected chi connectivity index (χ0v) is 15.6. The van der Waals surface area contributed by atoms with Crippen LogP contribution in [0.15, 0.2) is 36.4 Å². The standard InChI is InChI=1S/C21H25NO5/c1-3-5-7-16(6-4-2)27-17-10-8-14(9-11-17)15-12-18(20(23)24)22-19(13-15)21(25)26/h8-13,16H,3-7H2,1-2H3,(H,23,24)(H,25,26). The van der Waals surface area contributed by atoms with Crippen LogP contribution in [-0.4, -0.2) is 33.2 Å². The fraction of sp³-hybridized carbons (Fsp3) is 0.381. The highest BCUT2D eigenvalue weighted by atomic mass is 16.5. The number of ether oxygens (including phenoxy) is 1. The van der Waals surface area contributed by atoms with Gasteiger partial charge in [0.05, 0.1) is 6.10 Å². The van der Waals surface area contributed by atoms with Crippen molar-refractivity contribution >= 4 is 11.9 Å². The van der Waals surface area contributed by atoms with Gasteiger partial charge in [0.2, 0.25) is 0 Å². The highest BCUT2D eigenvalue weighted by Crippen LogP contribution is 2.25. The number of carboxylic acid groups (broad SMARTS) is 2. The molecule has 1 aromatic carbocycles. The van der Waals surface area contributed by atoms with Crippen molar-refractivity contribution < 1.29 is 24.5 Å². The first-order chi connectivity index (χ1) is 12.9.